The molecule has 1 aliphatic heterocycles. The van der Waals surface area contributed by atoms with Gasteiger partial charge in [-0.1, -0.05) is 12.1 Å². The molecule has 1 unspecified atom stereocenters. The quantitative estimate of drug-likeness (QED) is 0.730. The van der Waals surface area contributed by atoms with Crippen LogP contribution >= 0.6 is 0 Å². The molecular formula is C22H23FN4O. The number of aryl methyl sites for hydroxylation is 1. The monoisotopic (exact) mass is 378 g/mol. The fourth-order valence-electron chi connectivity index (χ4n) is 4.04. The van der Waals surface area contributed by atoms with Gasteiger partial charge >= 0.3 is 0 Å². The van der Waals surface area contributed by atoms with Crippen LogP contribution in [0.1, 0.15) is 18.9 Å². The highest BCUT2D eigenvalue weighted by molar-refractivity contribution is 5.99. The maximum Gasteiger partial charge on any atom is 0.217 e. The van der Waals surface area contributed by atoms with Crippen molar-refractivity contribution in [2.24, 2.45) is 0 Å². The van der Waals surface area contributed by atoms with E-state index in [1.807, 2.05) is 31.2 Å². The predicted octanol–water partition coefficient (Wildman–Crippen LogP) is 3.65. The Morgan fingerprint density at radius 3 is 2.89 bits per heavy atom. The third-order valence-electron chi connectivity index (χ3n) is 5.28. The van der Waals surface area contributed by atoms with Crippen LogP contribution in [-0.4, -0.2) is 30.0 Å². The Labute approximate surface area is 163 Å². The number of hydrogen-bond donors (Lipinski definition) is 2. The Hall–Kier alpha value is -3.15. The maximum atomic E-state index is 14.6. The van der Waals surface area contributed by atoms with Gasteiger partial charge in [-0.25, -0.2) is 9.37 Å². The van der Waals surface area contributed by atoms with E-state index in [4.69, 9.17) is 5.73 Å². The number of pyridine rings is 1. The average molecular weight is 378 g/mol. The van der Waals surface area contributed by atoms with Crippen LogP contribution < -0.4 is 16.0 Å². The van der Waals surface area contributed by atoms with E-state index in [9.17, 15) is 9.18 Å². The Balaban J connectivity index is 1.85. The van der Waals surface area contributed by atoms with E-state index >= 15 is 0 Å². The normalized spacial score (nSPS) is 16.5. The highest BCUT2D eigenvalue weighted by Gasteiger charge is 2.25. The lowest BCUT2D eigenvalue weighted by molar-refractivity contribution is -0.119. The SMILES string of the molecule is CC(=O)NC1CCN(c2cc(-c3c(C)cccc3F)cc3cnc(N)cc23)C1. The predicted molar refractivity (Wildman–Crippen MR) is 111 cm³/mol. The van der Waals surface area contributed by atoms with Crippen molar-refractivity contribution in [3.8, 4) is 11.1 Å². The molecule has 0 aliphatic carbocycles. The van der Waals surface area contributed by atoms with Gasteiger partial charge < -0.3 is 16.0 Å². The summed E-state index contributed by atoms with van der Waals surface area (Å²) in [4.78, 5) is 17.9. The molecule has 3 aromatic rings. The van der Waals surface area contributed by atoms with E-state index < -0.39 is 0 Å². The second-order valence-electron chi connectivity index (χ2n) is 7.39. The molecule has 0 saturated carbocycles. The molecule has 1 amide bonds. The molecule has 0 spiro atoms. The minimum atomic E-state index is -0.244. The van der Waals surface area contributed by atoms with Crippen molar-refractivity contribution in [2.75, 3.05) is 23.7 Å². The summed E-state index contributed by atoms with van der Waals surface area (Å²) in [6.45, 7) is 4.96. The van der Waals surface area contributed by atoms with E-state index in [2.05, 4.69) is 15.2 Å². The molecular weight excluding hydrogens is 355 g/mol. The van der Waals surface area contributed by atoms with Crippen LogP contribution in [-0.2, 0) is 4.79 Å². The molecule has 1 saturated heterocycles. The summed E-state index contributed by atoms with van der Waals surface area (Å²) in [6, 6.07) is 11.0. The zero-order chi connectivity index (χ0) is 19.8. The molecule has 5 nitrogen and oxygen atoms in total. The number of anilines is 2. The number of nitrogen functional groups attached to an aromatic ring is 1. The van der Waals surface area contributed by atoms with Crippen LogP contribution in [0.4, 0.5) is 15.9 Å². The molecule has 1 aliphatic rings. The van der Waals surface area contributed by atoms with E-state index in [-0.39, 0.29) is 17.8 Å². The smallest absolute Gasteiger partial charge is 0.217 e. The first-order chi connectivity index (χ1) is 13.4. The number of rotatable bonds is 3. The van der Waals surface area contributed by atoms with Gasteiger partial charge in [0, 0.05) is 54.3 Å². The molecule has 1 aromatic heterocycles. The summed E-state index contributed by atoms with van der Waals surface area (Å²) in [6.07, 6.45) is 2.60. The number of carbonyl (C=O) groups excluding carboxylic acids is 1. The Morgan fingerprint density at radius 2 is 2.14 bits per heavy atom. The number of amides is 1. The lowest BCUT2D eigenvalue weighted by Crippen LogP contribution is -2.35. The second kappa shape index (κ2) is 7.11. The summed E-state index contributed by atoms with van der Waals surface area (Å²) >= 11 is 0. The summed E-state index contributed by atoms with van der Waals surface area (Å²) in [5.41, 5.74) is 9.21. The topological polar surface area (TPSA) is 71.2 Å². The number of nitrogens with one attached hydrogen (secondary N) is 1. The van der Waals surface area contributed by atoms with Crippen molar-refractivity contribution in [3.63, 3.8) is 0 Å². The van der Waals surface area contributed by atoms with Crippen molar-refractivity contribution in [2.45, 2.75) is 26.3 Å². The second-order valence-corrected chi connectivity index (χ2v) is 7.39. The van der Waals surface area contributed by atoms with Crippen molar-refractivity contribution in [1.82, 2.24) is 10.3 Å². The molecule has 144 valence electrons. The molecule has 2 heterocycles. The Kier molecular flexibility index (Phi) is 4.63. The van der Waals surface area contributed by atoms with Crippen LogP contribution in [0.5, 0.6) is 0 Å². The number of nitrogens with two attached hydrogens (primary N) is 1. The molecule has 4 rings (SSSR count). The first kappa shape index (κ1) is 18.2. The maximum absolute atomic E-state index is 14.6. The van der Waals surface area contributed by atoms with Crippen molar-refractivity contribution < 1.29 is 9.18 Å². The lowest BCUT2D eigenvalue weighted by Gasteiger charge is -2.23. The van der Waals surface area contributed by atoms with Gasteiger partial charge in [0.1, 0.15) is 11.6 Å². The van der Waals surface area contributed by atoms with Crippen LogP contribution in [0, 0.1) is 12.7 Å². The Bertz CT molecular complexity index is 1050. The van der Waals surface area contributed by atoms with Crippen LogP contribution in [0.2, 0.25) is 0 Å². The molecule has 1 fully saturated rings. The van der Waals surface area contributed by atoms with Gasteiger partial charge in [0.25, 0.3) is 0 Å². The molecule has 2 aromatic carbocycles. The van der Waals surface area contributed by atoms with Crippen LogP contribution in [0.15, 0.2) is 42.6 Å². The molecule has 0 bridgehead atoms. The van der Waals surface area contributed by atoms with E-state index in [0.717, 1.165) is 40.6 Å². The highest BCUT2D eigenvalue weighted by Crippen LogP contribution is 2.37. The number of carbonyl (C=O) groups is 1. The van der Waals surface area contributed by atoms with Gasteiger partial charge in [0.15, 0.2) is 0 Å². The average Bonchev–Trinajstić information content (AvgIpc) is 3.08. The minimum absolute atomic E-state index is 0.0270. The van der Waals surface area contributed by atoms with Gasteiger partial charge in [-0.05, 0) is 48.7 Å². The first-order valence-electron chi connectivity index (χ1n) is 9.39. The molecule has 3 N–H and O–H groups in total. The van der Waals surface area contributed by atoms with Gasteiger partial charge in [-0.3, -0.25) is 4.79 Å². The highest BCUT2D eigenvalue weighted by atomic mass is 19.1. The molecule has 6 heteroatoms. The van der Waals surface area contributed by atoms with Crippen molar-refractivity contribution >= 4 is 28.2 Å². The fraction of sp³-hybridized carbons (Fsp3) is 0.273. The van der Waals surface area contributed by atoms with Gasteiger partial charge in [-0.15, -0.1) is 0 Å². The van der Waals surface area contributed by atoms with Crippen molar-refractivity contribution in [1.29, 1.82) is 0 Å². The third-order valence-corrected chi connectivity index (χ3v) is 5.28. The van der Waals surface area contributed by atoms with E-state index in [1.54, 1.807) is 12.3 Å². The standard InChI is InChI=1S/C22H23FN4O/c1-13-4-3-5-19(23)22(13)15-8-16-11-25-21(24)10-18(16)20(9-15)27-7-6-17(12-27)26-14(2)28/h3-5,8-11,17H,6-7,12H2,1-2H3,(H2,24,25)(H,26,28). The summed E-state index contributed by atoms with van der Waals surface area (Å²) in [7, 11) is 0. The largest absolute Gasteiger partial charge is 0.384 e. The Morgan fingerprint density at radius 1 is 1.32 bits per heavy atom. The first-order valence-corrected chi connectivity index (χ1v) is 9.39. The number of aromatic nitrogens is 1. The lowest BCUT2D eigenvalue weighted by atomic mass is 9.96. The van der Waals surface area contributed by atoms with E-state index in [1.165, 1.54) is 13.0 Å². The van der Waals surface area contributed by atoms with Gasteiger partial charge in [0.2, 0.25) is 5.91 Å². The fourth-order valence-corrected chi connectivity index (χ4v) is 4.04. The van der Waals surface area contributed by atoms with Crippen LogP contribution in [0.25, 0.3) is 21.9 Å². The number of hydrogen-bond acceptors (Lipinski definition) is 4. The zero-order valence-corrected chi connectivity index (χ0v) is 16.0. The number of nitrogens with zero attached hydrogens (tertiary/aromatic N) is 2. The van der Waals surface area contributed by atoms with Crippen molar-refractivity contribution in [3.05, 3.63) is 54.0 Å². The zero-order valence-electron chi connectivity index (χ0n) is 16.0. The van der Waals surface area contributed by atoms with Gasteiger partial charge in [-0.2, -0.15) is 0 Å². The minimum Gasteiger partial charge on any atom is -0.384 e. The third kappa shape index (κ3) is 3.38. The molecule has 28 heavy (non-hydrogen) atoms. The van der Waals surface area contributed by atoms with Gasteiger partial charge in [0.05, 0.1) is 0 Å². The summed E-state index contributed by atoms with van der Waals surface area (Å²) in [5, 5.41) is 4.88. The number of halogens is 1. The molecule has 1 atom stereocenters. The molecule has 0 radical (unpaired) electrons. The number of fused-ring (bicyclic) bond motifs is 1. The van der Waals surface area contributed by atoms with E-state index in [0.29, 0.717) is 17.9 Å². The summed E-state index contributed by atoms with van der Waals surface area (Å²) < 4.78 is 14.6. The number of benzene rings is 2. The van der Waals surface area contributed by atoms with Crippen LogP contribution in [0.3, 0.4) is 0 Å². The summed E-state index contributed by atoms with van der Waals surface area (Å²) in [5.74, 6) is 0.174.